The average molecular weight is 709 g/mol. The van der Waals surface area contributed by atoms with Crippen LogP contribution in [0.2, 0.25) is 0 Å². The third-order valence-electron chi connectivity index (χ3n) is 11.7. The van der Waals surface area contributed by atoms with Crippen LogP contribution in [0, 0.1) is 17.3 Å². The van der Waals surface area contributed by atoms with Crippen molar-refractivity contribution in [2.24, 2.45) is 17.3 Å². The van der Waals surface area contributed by atoms with Gasteiger partial charge in [-0.25, -0.2) is 9.59 Å². The van der Waals surface area contributed by atoms with Gasteiger partial charge in [0.2, 0.25) is 0 Å². The van der Waals surface area contributed by atoms with Crippen molar-refractivity contribution in [3.05, 3.63) is 94.5 Å². The second kappa shape index (κ2) is 13.3. The second-order valence-electron chi connectivity index (χ2n) is 16.5. The van der Waals surface area contributed by atoms with Crippen LogP contribution >= 0.6 is 0 Å². The zero-order valence-electron chi connectivity index (χ0n) is 31.4. The summed E-state index contributed by atoms with van der Waals surface area (Å²) in [4.78, 5) is 44.6. The number of fused-ring (bicyclic) bond motifs is 1. The third-order valence-corrected chi connectivity index (χ3v) is 11.7. The smallest absolute Gasteiger partial charge is 0.482 e. The molecule has 5 unspecified atom stereocenters. The average Bonchev–Trinajstić information content (AvgIpc) is 3.70. The fourth-order valence-corrected chi connectivity index (χ4v) is 8.77. The monoisotopic (exact) mass is 708 g/mol. The van der Waals surface area contributed by atoms with E-state index >= 15 is 0 Å². The van der Waals surface area contributed by atoms with Gasteiger partial charge in [0.15, 0.2) is 5.75 Å². The molecule has 3 aromatic carbocycles. The number of amides is 2. The predicted octanol–water partition coefficient (Wildman–Crippen LogP) is 7.61. The lowest BCUT2D eigenvalue weighted by Crippen LogP contribution is -2.65. The number of methoxy groups -OCH3 is 1. The lowest BCUT2D eigenvalue weighted by Gasteiger charge is -2.64. The molecule has 8 rings (SSSR count). The molecule has 52 heavy (non-hydrogen) atoms. The summed E-state index contributed by atoms with van der Waals surface area (Å²) in [6.45, 7) is 15.0. The molecule has 10 nitrogen and oxygen atoms in total. The van der Waals surface area contributed by atoms with E-state index < -0.39 is 36.3 Å². The van der Waals surface area contributed by atoms with E-state index in [2.05, 4.69) is 20.8 Å². The zero-order valence-corrected chi connectivity index (χ0v) is 31.4. The number of rotatable bonds is 8. The van der Waals surface area contributed by atoms with Gasteiger partial charge >= 0.3 is 19.2 Å². The first kappa shape index (κ1) is 36.0. The Labute approximate surface area is 306 Å². The van der Waals surface area contributed by atoms with E-state index in [0.29, 0.717) is 36.2 Å². The highest BCUT2D eigenvalue weighted by atomic mass is 16.7. The Hall–Kier alpha value is -4.35. The lowest BCUT2D eigenvalue weighted by molar-refractivity contribution is -0.199. The molecule has 0 spiro atoms. The number of nitrogens with zero attached hydrogens (tertiary/aromatic N) is 2. The van der Waals surface area contributed by atoms with Crippen LogP contribution in [0.1, 0.15) is 98.7 Å². The third kappa shape index (κ3) is 6.36. The minimum Gasteiger partial charge on any atom is -0.494 e. The molecule has 0 radical (unpaired) electrons. The van der Waals surface area contributed by atoms with Crippen molar-refractivity contribution in [2.45, 2.75) is 104 Å². The maximum atomic E-state index is 14.9. The van der Waals surface area contributed by atoms with Gasteiger partial charge in [0.1, 0.15) is 17.8 Å². The first-order chi connectivity index (χ1) is 24.6. The number of para-hydroxylation sites is 1. The van der Waals surface area contributed by atoms with Gasteiger partial charge < -0.3 is 28.4 Å². The van der Waals surface area contributed by atoms with E-state index in [0.717, 1.165) is 29.5 Å². The van der Waals surface area contributed by atoms with Gasteiger partial charge in [-0.3, -0.25) is 9.69 Å². The highest BCUT2D eigenvalue weighted by Crippen LogP contribution is 2.66. The molecule has 2 heterocycles. The van der Waals surface area contributed by atoms with Crippen LogP contribution in [-0.2, 0) is 38.5 Å². The summed E-state index contributed by atoms with van der Waals surface area (Å²) in [6.07, 6.45) is 1.50. The van der Waals surface area contributed by atoms with E-state index in [1.807, 2.05) is 49.4 Å². The van der Waals surface area contributed by atoms with Crippen LogP contribution in [0.4, 0.5) is 10.5 Å². The van der Waals surface area contributed by atoms with Crippen LogP contribution in [0.25, 0.3) is 0 Å². The Bertz CT molecular complexity index is 1880. The topological polar surface area (TPSA) is 104 Å². The van der Waals surface area contributed by atoms with Crippen molar-refractivity contribution in [3.63, 3.8) is 0 Å². The molecule has 3 aromatic rings. The highest BCUT2D eigenvalue weighted by molar-refractivity contribution is 6.49. The molecule has 3 saturated carbocycles. The van der Waals surface area contributed by atoms with Crippen LogP contribution < -0.4 is 9.64 Å². The summed E-state index contributed by atoms with van der Waals surface area (Å²) >= 11 is 0. The first-order valence-corrected chi connectivity index (χ1v) is 18.3. The number of esters is 1. The Morgan fingerprint density at radius 3 is 2.40 bits per heavy atom. The maximum absolute atomic E-state index is 14.9. The van der Waals surface area contributed by atoms with Crippen LogP contribution in [0.3, 0.4) is 0 Å². The number of hydrogen-bond donors (Lipinski definition) is 0. The summed E-state index contributed by atoms with van der Waals surface area (Å²) in [6, 6.07) is 20.2. The van der Waals surface area contributed by atoms with Gasteiger partial charge in [-0.15, -0.1) is 0 Å². The van der Waals surface area contributed by atoms with Gasteiger partial charge in [0.05, 0.1) is 30.4 Å². The van der Waals surface area contributed by atoms with E-state index in [1.54, 1.807) is 54.8 Å². The summed E-state index contributed by atoms with van der Waals surface area (Å²) in [5.74, 6) is -0.368. The lowest BCUT2D eigenvalue weighted by atomic mass is 9.43. The van der Waals surface area contributed by atoms with Crippen molar-refractivity contribution in [1.29, 1.82) is 0 Å². The fourth-order valence-electron chi connectivity index (χ4n) is 8.77. The molecule has 11 heteroatoms. The number of carbonyl (C=O) groups is 3. The minimum atomic E-state index is -0.737. The molecule has 0 N–H and O–H groups in total. The second-order valence-corrected chi connectivity index (χ2v) is 16.5. The van der Waals surface area contributed by atoms with E-state index in [-0.39, 0.29) is 35.3 Å². The molecule has 1 saturated heterocycles. The first-order valence-electron chi connectivity index (χ1n) is 18.3. The Kier molecular flexibility index (Phi) is 9.18. The molecule has 2 amide bonds. The van der Waals surface area contributed by atoms with Gasteiger partial charge in [0.25, 0.3) is 5.91 Å². The zero-order chi connectivity index (χ0) is 37.2. The summed E-state index contributed by atoms with van der Waals surface area (Å²) < 4.78 is 30.8. The number of anilines is 1. The van der Waals surface area contributed by atoms with Crippen molar-refractivity contribution in [3.8, 4) is 5.75 Å². The molecule has 3 aliphatic carbocycles. The van der Waals surface area contributed by atoms with Gasteiger partial charge in [-0.1, -0.05) is 56.3 Å². The molecule has 4 fully saturated rings. The molecule has 5 atom stereocenters. The van der Waals surface area contributed by atoms with E-state index in [1.165, 1.54) is 7.11 Å². The Balaban J connectivity index is 1.19. The molecule has 2 aliphatic heterocycles. The molecule has 0 aromatic heterocycles. The van der Waals surface area contributed by atoms with Crippen molar-refractivity contribution < 1.29 is 37.9 Å². The number of carbonyl (C=O) groups excluding carboxylic acids is 3. The minimum absolute atomic E-state index is 0.0868. The molecule has 2 bridgehead atoms. The van der Waals surface area contributed by atoms with E-state index in [4.69, 9.17) is 23.5 Å². The Morgan fingerprint density at radius 2 is 1.71 bits per heavy atom. The molecule has 5 aliphatic rings. The summed E-state index contributed by atoms with van der Waals surface area (Å²) in [5, 5.41) is 0. The van der Waals surface area contributed by atoms with E-state index in [9.17, 15) is 14.4 Å². The van der Waals surface area contributed by atoms with Gasteiger partial charge in [-0.2, -0.15) is 0 Å². The van der Waals surface area contributed by atoms with Crippen LogP contribution in [-0.4, -0.2) is 60.3 Å². The quantitative estimate of drug-likeness (QED) is 0.174. The van der Waals surface area contributed by atoms with Crippen LogP contribution in [0.5, 0.6) is 5.75 Å². The SMILES string of the molecule is COc1c(C(=O)OC(C)(C)C)cccc1N(C(=O)c1ccc2c(c1)CN(C(=O)OCc1ccccc1)C2)C(C)B1OC2CC3CC(C3(C)C)C2(C)O1. The largest absolute Gasteiger partial charge is 0.494 e. The molecule has 274 valence electrons. The normalized spacial score (nSPS) is 24.7. The molecular weight excluding hydrogens is 659 g/mol. The summed E-state index contributed by atoms with van der Waals surface area (Å²) in [5.41, 5.74) is 2.65. The standard InChI is InChI=1S/C41H49BN2O8/c1-25(42-51-34-21-30-20-33(40(30,5)6)41(34,7)52-42)44(32-16-12-15-31(35(32)48-8)37(46)50-39(2,3)4)36(45)27-17-18-28-22-43(23-29(28)19-27)38(47)49-24-26-13-10-9-11-14-26/h9-19,25,30,33-34H,20-24H2,1-8H3. The van der Waals surface area contributed by atoms with Gasteiger partial charge in [0, 0.05) is 18.7 Å². The Morgan fingerprint density at radius 1 is 0.981 bits per heavy atom. The maximum Gasteiger partial charge on any atom is 0.482 e. The predicted molar refractivity (Wildman–Crippen MR) is 197 cm³/mol. The highest BCUT2D eigenvalue weighted by Gasteiger charge is 2.68. The van der Waals surface area contributed by atoms with Crippen LogP contribution in [0.15, 0.2) is 66.7 Å². The van der Waals surface area contributed by atoms with Gasteiger partial charge in [-0.05, 0) is 106 Å². The fraction of sp³-hybridized carbons (Fsp3) is 0.488. The number of hydrogen-bond acceptors (Lipinski definition) is 8. The number of benzene rings is 3. The number of ether oxygens (including phenoxy) is 3. The molecular formula is C41H49BN2O8. The van der Waals surface area contributed by atoms with Crippen molar-refractivity contribution in [1.82, 2.24) is 4.90 Å². The van der Waals surface area contributed by atoms with Crippen molar-refractivity contribution in [2.75, 3.05) is 12.0 Å². The van der Waals surface area contributed by atoms with Crippen molar-refractivity contribution >= 4 is 30.8 Å². The summed E-state index contributed by atoms with van der Waals surface area (Å²) in [7, 11) is 0.752.